The summed E-state index contributed by atoms with van der Waals surface area (Å²) in [5.41, 5.74) is 4.59. The highest BCUT2D eigenvalue weighted by Crippen LogP contribution is 2.24. The SMILES string of the molecule is CCOC(=O)N1CCN(C(=O)c2cncc(Nc3c(C)cccc3C)c2)CC1. The molecule has 1 aromatic carbocycles. The topological polar surface area (TPSA) is 74.8 Å². The maximum Gasteiger partial charge on any atom is 0.409 e. The van der Waals surface area contributed by atoms with Crippen LogP contribution in [0.1, 0.15) is 28.4 Å². The molecule has 0 bridgehead atoms. The lowest BCUT2D eigenvalue weighted by Gasteiger charge is -2.34. The maximum atomic E-state index is 12.9. The van der Waals surface area contributed by atoms with Crippen LogP contribution in [0.3, 0.4) is 0 Å². The third-order valence-corrected chi connectivity index (χ3v) is 4.83. The number of benzene rings is 1. The van der Waals surface area contributed by atoms with E-state index in [-0.39, 0.29) is 12.0 Å². The molecule has 0 spiro atoms. The highest BCUT2D eigenvalue weighted by molar-refractivity contribution is 5.95. The average molecular weight is 382 g/mol. The van der Waals surface area contributed by atoms with Crippen molar-refractivity contribution in [2.24, 2.45) is 0 Å². The minimum atomic E-state index is -0.323. The predicted molar refractivity (Wildman–Crippen MR) is 108 cm³/mol. The molecule has 0 radical (unpaired) electrons. The van der Waals surface area contributed by atoms with E-state index in [2.05, 4.69) is 10.3 Å². The standard InChI is InChI=1S/C21H26N4O3/c1-4-28-21(27)25-10-8-24(9-11-25)20(26)17-12-18(14-22-13-17)23-19-15(2)6-5-7-16(19)3/h5-7,12-14,23H,4,8-11H2,1-3H3. The lowest BCUT2D eigenvalue weighted by atomic mass is 10.1. The number of piperazine rings is 1. The molecule has 1 N–H and O–H groups in total. The first-order valence-electron chi connectivity index (χ1n) is 9.49. The minimum Gasteiger partial charge on any atom is -0.450 e. The molecule has 28 heavy (non-hydrogen) atoms. The van der Waals surface area contributed by atoms with Gasteiger partial charge in [-0.25, -0.2) is 4.79 Å². The van der Waals surface area contributed by atoms with Crippen molar-refractivity contribution in [3.63, 3.8) is 0 Å². The molecule has 1 fully saturated rings. The number of rotatable bonds is 4. The van der Waals surface area contributed by atoms with Crippen molar-refractivity contribution < 1.29 is 14.3 Å². The van der Waals surface area contributed by atoms with E-state index in [1.165, 1.54) is 0 Å². The second-order valence-electron chi connectivity index (χ2n) is 6.83. The van der Waals surface area contributed by atoms with E-state index in [9.17, 15) is 9.59 Å². The highest BCUT2D eigenvalue weighted by Gasteiger charge is 2.25. The monoisotopic (exact) mass is 382 g/mol. The van der Waals surface area contributed by atoms with Crippen molar-refractivity contribution in [3.05, 3.63) is 53.3 Å². The van der Waals surface area contributed by atoms with E-state index < -0.39 is 0 Å². The summed E-state index contributed by atoms with van der Waals surface area (Å²) in [7, 11) is 0. The van der Waals surface area contributed by atoms with Crippen LogP contribution in [0.15, 0.2) is 36.7 Å². The first-order valence-corrected chi connectivity index (χ1v) is 9.49. The molecular formula is C21H26N4O3. The second-order valence-corrected chi connectivity index (χ2v) is 6.83. The van der Waals surface area contributed by atoms with Gasteiger partial charge in [-0.3, -0.25) is 9.78 Å². The number of nitrogens with zero attached hydrogens (tertiary/aromatic N) is 3. The van der Waals surface area contributed by atoms with Gasteiger partial charge in [0.15, 0.2) is 0 Å². The molecule has 2 heterocycles. The number of amides is 2. The lowest BCUT2D eigenvalue weighted by Crippen LogP contribution is -2.50. The number of ether oxygens (including phenoxy) is 1. The third kappa shape index (κ3) is 4.42. The molecule has 1 saturated heterocycles. The van der Waals surface area contributed by atoms with Crippen LogP contribution in [0.4, 0.5) is 16.2 Å². The van der Waals surface area contributed by atoms with E-state index >= 15 is 0 Å². The molecule has 1 aromatic heterocycles. The van der Waals surface area contributed by atoms with Gasteiger partial charge in [0.2, 0.25) is 0 Å². The van der Waals surface area contributed by atoms with Crippen LogP contribution in [0, 0.1) is 13.8 Å². The summed E-state index contributed by atoms with van der Waals surface area (Å²) in [6.45, 7) is 8.12. The zero-order valence-electron chi connectivity index (χ0n) is 16.6. The van der Waals surface area contributed by atoms with Gasteiger partial charge in [-0.15, -0.1) is 0 Å². The molecule has 0 aliphatic carbocycles. The van der Waals surface area contributed by atoms with Gasteiger partial charge in [-0.2, -0.15) is 0 Å². The minimum absolute atomic E-state index is 0.0823. The van der Waals surface area contributed by atoms with Crippen LogP contribution >= 0.6 is 0 Å². The fourth-order valence-corrected chi connectivity index (χ4v) is 3.27. The van der Waals surface area contributed by atoms with Crippen LogP contribution in [-0.2, 0) is 4.74 Å². The van der Waals surface area contributed by atoms with E-state index in [1.807, 2.05) is 38.1 Å². The van der Waals surface area contributed by atoms with Crippen LogP contribution in [0.2, 0.25) is 0 Å². The molecule has 7 heteroatoms. The molecule has 3 rings (SSSR count). The van der Waals surface area contributed by atoms with Crippen molar-refractivity contribution in [2.75, 3.05) is 38.1 Å². The van der Waals surface area contributed by atoms with Crippen molar-refractivity contribution in [1.29, 1.82) is 0 Å². The molecule has 2 amide bonds. The molecule has 7 nitrogen and oxygen atoms in total. The van der Waals surface area contributed by atoms with Crippen LogP contribution in [0.5, 0.6) is 0 Å². The first-order chi connectivity index (χ1) is 13.5. The zero-order chi connectivity index (χ0) is 20.1. The molecule has 2 aromatic rings. The molecule has 1 aliphatic rings. The molecule has 0 atom stereocenters. The van der Waals surface area contributed by atoms with Gasteiger partial charge in [-0.1, -0.05) is 18.2 Å². The van der Waals surface area contributed by atoms with E-state index in [4.69, 9.17) is 4.74 Å². The summed E-state index contributed by atoms with van der Waals surface area (Å²) in [6.07, 6.45) is 2.97. The predicted octanol–water partition coefficient (Wildman–Crippen LogP) is 3.36. The Morgan fingerprint density at radius 3 is 2.36 bits per heavy atom. The maximum absolute atomic E-state index is 12.9. The van der Waals surface area contributed by atoms with Gasteiger partial charge in [-0.05, 0) is 38.0 Å². The Labute approximate surface area is 165 Å². The van der Waals surface area contributed by atoms with Crippen molar-refractivity contribution in [2.45, 2.75) is 20.8 Å². The van der Waals surface area contributed by atoms with E-state index in [1.54, 1.807) is 29.1 Å². The van der Waals surface area contributed by atoms with E-state index in [0.29, 0.717) is 38.3 Å². The number of carbonyl (C=O) groups is 2. The van der Waals surface area contributed by atoms with Crippen LogP contribution in [0.25, 0.3) is 0 Å². The van der Waals surface area contributed by atoms with Crippen molar-refractivity contribution >= 4 is 23.4 Å². The summed E-state index contributed by atoms with van der Waals surface area (Å²) in [5.74, 6) is -0.0823. The smallest absolute Gasteiger partial charge is 0.409 e. The highest BCUT2D eigenvalue weighted by atomic mass is 16.6. The average Bonchev–Trinajstić information content (AvgIpc) is 2.71. The van der Waals surface area contributed by atoms with Gasteiger partial charge in [0, 0.05) is 38.1 Å². The zero-order valence-corrected chi connectivity index (χ0v) is 16.6. The van der Waals surface area contributed by atoms with Gasteiger partial charge in [0.05, 0.1) is 24.1 Å². The molecule has 148 valence electrons. The van der Waals surface area contributed by atoms with Crippen LogP contribution < -0.4 is 5.32 Å². The summed E-state index contributed by atoms with van der Waals surface area (Å²) < 4.78 is 5.02. The Morgan fingerprint density at radius 1 is 1.07 bits per heavy atom. The van der Waals surface area contributed by atoms with Gasteiger partial charge in [0.25, 0.3) is 5.91 Å². The second kappa shape index (κ2) is 8.73. The number of hydrogen-bond donors (Lipinski definition) is 1. The fourth-order valence-electron chi connectivity index (χ4n) is 3.27. The fraction of sp³-hybridized carbons (Fsp3) is 0.381. The molecule has 0 saturated carbocycles. The Morgan fingerprint density at radius 2 is 1.71 bits per heavy atom. The third-order valence-electron chi connectivity index (χ3n) is 4.83. The van der Waals surface area contributed by atoms with Crippen molar-refractivity contribution in [3.8, 4) is 0 Å². The number of pyridine rings is 1. The van der Waals surface area contributed by atoms with Gasteiger partial charge in [0.1, 0.15) is 0 Å². The quantitative estimate of drug-likeness (QED) is 0.878. The Bertz CT molecular complexity index is 840. The van der Waals surface area contributed by atoms with Gasteiger partial charge >= 0.3 is 6.09 Å². The summed E-state index contributed by atoms with van der Waals surface area (Å²) in [6, 6.07) is 7.92. The number of para-hydroxylation sites is 1. The first kappa shape index (κ1) is 19.7. The van der Waals surface area contributed by atoms with Crippen LogP contribution in [-0.4, -0.2) is 59.6 Å². The number of carbonyl (C=O) groups excluding carboxylic acids is 2. The molecule has 1 aliphatic heterocycles. The summed E-state index contributed by atoms with van der Waals surface area (Å²) >= 11 is 0. The number of aryl methyl sites for hydroxylation is 2. The lowest BCUT2D eigenvalue weighted by molar-refractivity contribution is 0.0570. The Hall–Kier alpha value is -3.09. The summed E-state index contributed by atoms with van der Waals surface area (Å²) in [4.78, 5) is 32.3. The van der Waals surface area contributed by atoms with E-state index in [0.717, 1.165) is 22.5 Å². The Balaban J connectivity index is 1.67. The number of aromatic nitrogens is 1. The molecular weight excluding hydrogens is 356 g/mol. The van der Waals surface area contributed by atoms with Crippen molar-refractivity contribution in [1.82, 2.24) is 14.8 Å². The molecule has 0 unspecified atom stereocenters. The summed E-state index contributed by atoms with van der Waals surface area (Å²) in [5, 5.41) is 3.37. The van der Waals surface area contributed by atoms with Gasteiger partial charge < -0.3 is 19.9 Å². The largest absolute Gasteiger partial charge is 0.450 e. The normalized spacial score (nSPS) is 14.0. The Kier molecular flexibility index (Phi) is 6.13. The number of nitrogens with one attached hydrogen (secondary N) is 1. The number of hydrogen-bond acceptors (Lipinski definition) is 5. The number of anilines is 2.